The molecular formula is C22H41N7O3. The first-order chi connectivity index (χ1) is 15.7. The van der Waals surface area contributed by atoms with Crippen molar-refractivity contribution in [3.05, 3.63) is 0 Å². The lowest BCUT2D eigenvalue weighted by Gasteiger charge is -2.41. The molecule has 4 rings (SSSR count). The van der Waals surface area contributed by atoms with E-state index < -0.39 is 0 Å². The summed E-state index contributed by atoms with van der Waals surface area (Å²) in [5.74, 6) is 0.742. The van der Waals surface area contributed by atoms with Crippen LogP contribution < -0.4 is 37.6 Å². The molecule has 182 valence electrons. The normalized spacial score (nSPS) is 35.2. The Kier molecular flexibility index (Phi) is 9.12. The third-order valence-electron chi connectivity index (χ3n) is 7.31. The summed E-state index contributed by atoms with van der Waals surface area (Å²) in [4.78, 5) is 29.8. The first kappa shape index (κ1) is 23.8. The van der Waals surface area contributed by atoms with Crippen molar-refractivity contribution in [2.45, 2.75) is 95.2 Å². The smallest absolute Gasteiger partial charge is 0.237 e. The molecular weight excluding hydrogens is 410 g/mol. The van der Waals surface area contributed by atoms with Crippen LogP contribution in [-0.2, 0) is 14.4 Å². The van der Waals surface area contributed by atoms with Crippen LogP contribution in [0.3, 0.4) is 0 Å². The molecule has 1 aliphatic carbocycles. The van der Waals surface area contributed by atoms with E-state index in [1.807, 2.05) is 0 Å². The SMILES string of the molecule is O=C(CCC1NC(C2CCCCN2)NO1)NCCCCNC1NNC(=O)C2CCCCC12. The number of carbonyl (C=O) groups is 2. The van der Waals surface area contributed by atoms with E-state index in [0.29, 0.717) is 31.3 Å². The first-order valence-corrected chi connectivity index (χ1v) is 12.7. The fourth-order valence-electron chi connectivity index (χ4n) is 5.45. The van der Waals surface area contributed by atoms with Gasteiger partial charge >= 0.3 is 0 Å². The summed E-state index contributed by atoms with van der Waals surface area (Å²) < 4.78 is 0. The van der Waals surface area contributed by atoms with Crippen LogP contribution in [0.5, 0.6) is 0 Å². The average molecular weight is 452 g/mol. The topological polar surface area (TPSA) is 128 Å². The van der Waals surface area contributed by atoms with Crippen LogP contribution in [-0.4, -0.2) is 56.0 Å². The summed E-state index contributed by atoms with van der Waals surface area (Å²) in [5.41, 5.74) is 9.03. The third kappa shape index (κ3) is 6.61. The zero-order valence-electron chi connectivity index (χ0n) is 19.1. The number of hydrogen-bond acceptors (Lipinski definition) is 8. The van der Waals surface area contributed by atoms with Gasteiger partial charge in [0.05, 0.1) is 12.3 Å². The molecule has 0 bridgehead atoms. The van der Waals surface area contributed by atoms with E-state index in [-0.39, 0.29) is 36.3 Å². The molecule has 0 aromatic heterocycles. The van der Waals surface area contributed by atoms with Gasteiger partial charge in [-0.25, -0.2) is 5.43 Å². The van der Waals surface area contributed by atoms with Crippen molar-refractivity contribution in [3.63, 3.8) is 0 Å². The maximum Gasteiger partial charge on any atom is 0.237 e. The van der Waals surface area contributed by atoms with E-state index in [4.69, 9.17) is 4.84 Å². The maximum atomic E-state index is 12.2. The minimum absolute atomic E-state index is 0.0734. The Hall–Kier alpha value is -1.30. The Morgan fingerprint density at radius 3 is 2.78 bits per heavy atom. The quantitative estimate of drug-likeness (QED) is 0.230. The Morgan fingerprint density at radius 2 is 1.91 bits per heavy atom. The van der Waals surface area contributed by atoms with Gasteiger partial charge in [0.15, 0.2) is 0 Å². The number of piperidine rings is 1. The highest BCUT2D eigenvalue weighted by atomic mass is 16.7. The molecule has 1 saturated carbocycles. The number of hydrogen-bond donors (Lipinski definition) is 7. The van der Waals surface area contributed by atoms with Crippen LogP contribution in [0, 0.1) is 11.8 Å². The predicted molar refractivity (Wildman–Crippen MR) is 121 cm³/mol. The maximum absolute atomic E-state index is 12.2. The third-order valence-corrected chi connectivity index (χ3v) is 7.31. The molecule has 0 aromatic carbocycles. The van der Waals surface area contributed by atoms with Crippen LogP contribution in [0.1, 0.15) is 70.6 Å². The molecule has 6 unspecified atom stereocenters. The molecule has 6 atom stereocenters. The molecule has 32 heavy (non-hydrogen) atoms. The second-order valence-electron chi connectivity index (χ2n) is 9.64. The molecule has 0 spiro atoms. The summed E-state index contributed by atoms with van der Waals surface area (Å²) in [6, 6.07) is 0.389. The Bertz CT molecular complexity index is 616. The lowest BCUT2D eigenvalue weighted by molar-refractivity contribution is -0.134. The number of hydrazine groups is 1. The van der Waals surface area contributed by atoms with Crippen molar-refractivity contribution < 1.29 is 14.4 Å². The van der Waals surface area contributed by atoms with Gasteiger partial charge in [-0.05, 0) is 58.0 Å². The van der Waals surface area contributed by atoms with Gasteiger partial charge in [0.2, 0.25) is 11.8 Å². The van der Waals surface area contributed by atoms with Crippen LogP contribution in [0.4, 0.5) is 0 Å². The highest BCUT2D eigenvalue weighted by Crippen LogP contribution is 2.33. The number of carbonyl (C=O) groups excluding carboxylic acids is 2. The number of nitrogens with one attached hydrogen (secondary N) is 7. The van der Waals surface area contributed by atoms with Gasteiger partial charge in [0.1, 0.15) is 6.23 Å². The molecule has 3 aliphatic heterocycles. The number of unbranched alkanes of at least 4 members (excludes halogenated alkanes) is 1. The zero-order chi connectivity index (χ0) is 22.2. The first-order valence-electron chi connectivity index (χ1n) is 12.7. The number of fused-ring (bicyclic) bond motifs is 1. The van der Waals surface area contributed by atoms with E-state index in [2.05, 4.69) is 37.6 Å². The minimum Gasteiger partial charge on any atom is -0.356 e. The van der Waals surface area contributed by atoms with E-state index >= 15 is 0 Å². The van der Waals surface area contributed by atoms with E-state index in [1.165, 1.54) is 19.3 Å². The molecule has 0 radical (unpaired) electrons. The van der Waals surface area contributed by atoms with Gasteiger partial charge in [-0.2, -0.15) is 5.48 Å². The minimum atomic E-state index is -0.120. The predicted octanol–water partition coefficient (Wildman–Crippen LogP) is -0.0618. The second kappa shape index (κ2) is 12.2. The van der Waals surface area contributed by atoms with Crippen molar-refractivity contribution >= 4 is 11.8 Å². The van der Waals surface area contributed by atoms with Crippen molar-refractivity contribution in [3.8, 4) is 0 Å². The molecule has 3 saturated heterocycles. The van der Waals surface area contributed by atoms with Gasteiger partial charge in [-0.1, -0.05) is 19.3 Å². The van der Waals surface area contributed by atoms with E-state index in [9.17, 15) is 9.59 Å². The van der Waals surface area contributed by atoms with E-state index in [0.717, 1.165) is 51.6 Å². The zero-order valence-corrected chi connectivity index (χ0v) is 19.1. The van der Waals surface area contributed by atoms with Gasteiger partial charge in [0.25, 0.3) is 0 Å². The van der Waals surface area contributed by atoms with E-state index in [1.54, 1.807) is 0 Å². The molecule has 10 nitrogen and oxygen atoms in total. The molecule has 3 heterocycles. The standard InChI is InChI=1S/C22H41N7O3/c30-18(10-11-19-26-21(29-32-19)17-9-3-4-12-23-17)24-13-5-6-14-25-20-15-7-1-2-8-16(15)22(31)28-27-20/h15-17,19-21,23,25-27,29H,1-14H2,(H,24,30)(H,28,31). The number of hydroxylamine groups is 1. The van der Waals surface area contributed by atoms with Gasteiger partial charge < -0.3 is 16.0 Å². The van der Waals surface area contributed by atoms with Crippen LogP contribution in [0.15, 0.2) is 0 Å². The number of amides is 2. The number of rotatable bonds is 10. The van der Waals surface area contributed by atoms with Crippen molar-refractivity contribution in [1.82, 2.24) is 37.6 Å². The molecule has 0 aromatic rings. The lowest BCUT2D eigenvalue weighted by atomic mass is 9.76. The summed E-state index contributed by atoms with van der Waals surface area (Å²) in [7, 11) is 0. The summed E-state index contributed by atoms with van der Waals surface area (Å²) in [5, 5.41) is 13.5. The van der Waals surface area contributed by atoms with Gasteiger partial charge in [-0.3, -0.25) is 25.2 Å². The molecule has 4 aliphatic rings. The Labute approximate surface area is 191 Å². The molecule has 10 heteroatoms. The Balaban J connectivity index is 1.02. The van der Waals surface area contributed by atoms with Crippen molar-refractivity contribution in [1.29, 1.82) is 0 Å². The fraction of sp³-hybridized carbons (Fsp3) is 0.909. The fourth-order valence-corrected chi connectivity index (χ4v) is 5.45. The van der Waals surface area contributed by atoms with Crippen molar-refractivity contribution in [2.24, 2.45) is 11.8 Å². The largest absolute Gasteiger partial charge is 0.356 e. The second-order valence-corrected chi connectivity index (χ2v) is 9.64. The average Bonchev–Trinajstić information content (AvgIpc) is 3.31. The molecule has 7 N–H and O–H groups in total. The highest BCUT2D eigenvalue weighted by Gasteiger charge is 2.39. The van der Waals surface area contributed by atoms with Crippen LogP contribution >= 0.6 is 0 Å². The highest BCUT2D eigenvalue weighted by molar-refractivity contribution is 5.79. The van der Waals surface area contributed by atoms with Crippen molar-refractivity contribution in [2.75, 3.05) is 19.6 Å². The lowest BCUT2D eigenvalue weighted by Crippen LogP contribution is -2.64. The summed E-state index contributed by atoms with van der Waals surface area (Å²) in [6.45, 7) is 2.61. The van der Waals surface area contributed by atoms with Gasteiger partial charge in [0, 0.05) is 30.8 Å². The Morgan fingerprint density at radius 1 is 1.06 bits per heavy atom. The van der Waals surface area contributed by atoms with Crippen LogP contribution in [0.2, 0.25) is 0 Å². The summed E-state index contributed by atoms with van der Waals surface area (Å²) in [6.07, 6.45) is 11.3. The monoisotopic (exact) mass is 451 g/mol. The molecule has 4 fully saturated rings. The summed E-state index contributed by atoms with van der Waals surface area (Å²) >= 11 is 0. The van der Waals surface area contributed by atoms with Crippen LogP contribution in [0.25, 0.3) is 0 Å². The van der Waals surface area contributed by atoms with Gasteiger partial charge in [-0.15, -0.1) is 0 Å². The molecule has 2 amide bonds.